The van der Waals surface area contributed by atoms with Gasteiger partial charge in [-0.3, -0.25) is 9.59 Å². The van der Waals surface area contributed by atoms with Gasteiger partial charge in [0.1, 0.15) is 5.60 Å². The second-order valence-corrected chi connectivity index (χ2v) is 6.57. The molecule has 1 aromatic carbocycles. The first-order valence-electron chi connectivity index (χ1n) is 7.90. The second-order valence-electron chi connectivity index (χ2n) is 6.57. The molecule has 1 aliphatic carbocycles. The van der Waals surface area contributed by atoms with Gasteiger partial charge in [-0.05, 0) is 63.8 Å². The van der Waals surface area contributed by atoms with E-state index in [1.165, 1.54) is 18.2 Å². The lowest BCUT2D eigenvalue weighted by Gasteiger charge is -2.41. The summed E-state index contributed by atoms with van der Waals surface area (Å²) >= 11 is 0. The van der Waals surface area contributed by atoms with Crippen molar-refractivity contribution in [1.82, 2.24) is 5.32 Å². The highest BCUT2D eigenvalue weighted by Gasteiger charge is 2.61. The molecule has 0 spiro atoms. The van der Waals surface area contributed by atoms with Crippen molar-refractivity contribution in [2.75, 3.05) is 5.32 Å². The molecule has 0 aromatic heterocycles. The summed E-state index contributed by atoms with van der Waals surface area (Å²) in [7, 11) is 0. The zero-order valence-corrected chi connectivity index (χ0v) is 14.0. The lowest BCUT2D eigenvalue weighted by molar-refractivity contribution is -0.212. The van der Waals surface area contributed by atoms with Gasteiger partial charge >= 0.3 is 5.92 Å². The van der Waals surface area contributed by atoms with Crippen LogP contribution in [-0.4, -0.2) is 34.5 Å². The highest BCUT2D eigenvalue weighted by Crippen LogP contribution is 2.44. The van der Waals surface area contributed by atoms with Gasteiger partial charge in [-0.15, -0.1) is 0 Å². The van der Waals surface area contributed by atoms with E-state index in [1.54, 1.807) is 6.92 Å². The molecule has 2 amide bonds. The molecule has 0 unspecified atom stereocenters. The minimum atomic E-state index is -3.86. The Morgan fingerprint density at radius 1 is 1.29 bits per heavy atom. The van der Waals surface area contributed by atoms with Crippen LogP contribution in [0.5, 0.6) is 0 Å². The molecule has 1 aromatic rings. The van der Waals surface area contributed by atoms with Crippen molar-refractivity contribution in [1.29, 1.82) is 0 Å². The van der Waals surface area contributed by atoms with Crippen molar-refractivity contribution in [2.45, 2.75) is 57.6 Å². The SMILES string of the molecule is Cc1cc(C(=O)NC(C)C)ccc1NC(=O)C(F)(F)C1(O)CCC1. The minimum absolute atomic E-state index is 0.0286. The fourth-order valence-corrected chi connectivity index (χ4v) is 2.53. The standard InChI is InChI=1S/C17H22F2N2O3/c1-10(2)20-14(22)12-5-6-13(11(3)9-12)21-15(23)17(18,19)16(24)7-4-8-16/h5-6,9-10,24H,4,7-8H2,1-3H3,(H,20,22)(H,21,23). The van der Waals surface area contributed by atoms with Gasteiger partial charge in [0.2, 0.25) is 0 Å². The smallest absolute Gasteiger partial charge is 0.352 e. The maximum atomic E-state index is 14.1. The van der Waals surface area contributed by atoms with Gasteiger partial charge < -0.3 is 15.7 Å². The van der Waals surface area contributed by atoms with Crippen molar-refractivity contribution < 1.29 is 23.5 Å². The summed E-state index contributed by atoms with van der Waals surface area (Å²) in [6, 6.07) is 4.35. The summed E-state index contributed by atoms with van der Waals surface area (Å²) in [6.07, 6.45) is 0.277. The van der Waals surface area contributed by atoms with E-state index in [9.17, 15) is 23.5 Å². The molecule has 0 bridgehead atoms. The maximum absolute atomic E-state index is 14.1. The van der Waals surface area contributed by atoms with Crippen molar-refractivity contribution in [3.8, 4) is 0 Å². The topological polar surface area (TPSA) is 78.4 Å². The van der Waals surface area contributed by atoms with Crippen molar-refractivity contribution in [2.24, 2.45) is 0 Å². The molecule has 0 atom stereocenters. The number of carbonyl (C=O) groups excluding carboxylic acids is 2. The van der Waals surface area contributed by atoms with E-state index < -0.39 is 17.4 Å². The first-order chi connectivity index (χ1) is 11.1. The summed E-state index contributed by atoms with van der Waals surface area (Å²) in [4.78, 5) is 23.8. The molecule has 0 radical (unpaired) electrons. The summed E-state index contributed by atoms with van der Waals surface area (Å²) < 4.78 is 28.2. The van der Waals surface area contributed by atoms with Gasteiger partial charge in [0.25, 0.3) is 11.8 Å². The van der Waals surface area contributed by atoms with E-state index in [2.05, 4.69) is 10.6 Å². The highest BCUT2D eigenvalue weighted by atomic mass is 19.3. The Bertz CT molecular complexity index is 655. The number of benzene rings is 1. The van der Waals surface area contributed by atoms with Crippen LogP contribution in [-0.2, 0) is 4.79 Å². The number of aliphatic hydroxyl groups is 1. The first-order valence-corrected chi connectivity index (χ1v) is 7.90. The molecule has 24 heavy (non-hydrogen) atoms. The number of aryl methyl sites for hydroxylation is 1. The number of hydrogen-bond donors (Lipinski definition) is 3. The van der Waals surface area contributed by atoms with E-state index in [-0.39, 0.29) is 30.5 Å². The summed E-state index contributed by atoms with van der Waals surface area (Å²) in [6.45, 7) is 5.26. The Kier molecular flexibility index (Phi) is 4.94. The van der Waals surface area contributed by atoms with Crippen molar-refractivity contribution in [3.63, 3.8) is 0 Å². The van der Waals surface area contributed by atoms with Crippen LogP contribution in [0.25, 0.3) is 0 Å². The van der Waals surface area contributed by atoms with Gasteiger partial charge in [-0.25, -0.2) is 0 Å². The maximum Gasteiger partial charge on any atom is 0.352 e. The lowest BCUT2D eigenvalue weighted by atomic mass is 9.75. The van der Waals surface area contributed by atoms with Crippen LogP contribution < -0.4 is 10.6 Å². The van der Waals surface area contributed by atoms with Crippen LogP contribution in [0.4, 0.5) is 14.5 Å². The number of carbonyl (C=O) groups is 2. The van der Waals surface area contributed by atoms with Crippen LogP contribution in [0.1, 0.15) is 49.0 Å². The summed E-state index contributed by atoms with van der Waals surface area (Å²) in [5.74, 6) is -5.67. The third-order valence-electron chi connectivity index (χ3n) is 4.21. The number of amides is 2. The number of hydrogen-bond acceptors (Lipinski definition) is 3. The molecule has 1 saturated carbocycles. The fraction of sp³-hybridized carbons (Fsp3) is 0.529. The molecule has 132 valence electrons. The Morgan fingerprint density at radius 3 is 2.38 bits per heavy atom. The molecule has 3 N–H and O–H groups in total. The first kappa shape index (κ1) is 18.3. The highest BCUT2D eigenvalue weighted by molar-refractivity contribution is 5.99. The Morgan fingerprint density at radius 2 is 1.92 bits per heavy atom. The monoisotopic (exact) mass is 340 g/mol. The molecule has 5 nitrogen and oxygen atoms in total. The predicted molar refractivity (Wildman–Crippen MR) is 86.2 cm³/mol. The zero-order valence-electron chi connectivity index (χ0n) is 14.0. The Labute approximate surface area is 139 Å². The normalized spacial score (nSPS) is 16.5. The fourth-order valence-electron chi connectivity index (χ4n) is 2.53. The van der Waals surface area contributed by atoms with Gasteiger partial charge in [-0.1, -0.05) is 0 Å². The average molecular weight is 340 g/mol. The molecular weight excluding hydrogens is 318 g/mol. The summed E-state index contributed by atoms with van der Waals surface area (Å²) in [5, 5.41) is 14.7. The summed E-state index contributed by atoms with van der Waals surface area (Å²) in [5.41, 5.74) is -1.22. The number of anilines is 1. The number of halogens is 2. The molecular formula is C17H22F2N2O3. The van der Waals surface area contributed by atoms with Crippen LogP contribution >= 0.6 is 0 Å². The average Bonchev–Trinajstić information content (AvgIpc) is 2.45. The van der Waals surface area contributed by atoms with Gasteiger partial charge in [0.15, 0.2) is 0 Å². The predicted octanol–water partition coefficient (Wildman–Crippen LogP) is 2.62. The molecule has 1 fully saturated rings. The molecule has 2 rings (SSSR count). The van der Waals surface area contributed by atoms with Crippen LogP contribution in [0, 0.1) is 6.92 Å². The molecule has 0 saturated heterocycles. The van der Waals surface area contributed by atoms with E-state index in [0.717, 1.165) is 0 Å². The Hall–Kier alpha value is -2.02. The third kappa shape index (κ3) is 3.40. The molecule has 0 heterocycles. The molecule has 0 aliphatic heterocycles. The lowest BCUT2D eigenvalue weighted by Crippen LogP contribution is -2.59. The zero-order chi connectivity index (χ0) is 18.1. The van der Waals surface area contributed by atoms with Crippen molar-refractivity contribution >= 4 is 17.5 Å². The van der Waals surface area contributed by atoms with Crippen molar-refractivity contribution in [3.05, 3.63) is 29.3 Å². The Balaban J connectivity index is 2.13. The molecule has 7 heteroatoms. The van der Waals surface area contributed by atoms with Crippen LogP contribution in [0.3, 0.4) is 0 Å². The van der Waals surface area contributed by atoms with Gasteiger partial charge in [0, 0.05) is 17.3 Å². The largest absolute Gasteiger partial charge is 0.383 e. The van der Waals surface area contributed by atoms with Gasteiger partial charge in [-0.2, -0.15) is 8.78 Å². The quantitative estimate of drug-likeness (QED) is 0.771. The van der Waals surface area contributed by atoms with Crippen LogP contribution in [0.2, 0.25) is 0 Å². The van der Waals surface area contributed by atoms with E-state index in [4.69, 9.17) is 0 Å². The van der Waals surface area contributed by atoms with E-state index in [1.807, 2.05) is 13.8 Å². The molecule has 1 aliphatic rings. The number of alkyl halides is 2. The van der Waals surface area contributed by atoms with E-state index >= 15 is 0 Å². The second kappa shape index (κ2) is 6.47. The third-order valence-corrected chi connectivity index (χ3v) is 4.21. The number of nitrogens with one attached hydrogen (secondary N) is 2. The van der Waals surface area contributed by atoms with E-state index in [0.29, 0.717) is 17.5 Å². The number of rotatable bonds is 5. The van der Waals surface area contributed by atoms with Crippen LogP contribution in [0.15, 0.2) is 18.2 Å². The minimum Gasteiger partial charge on any atom is -0.383 e. The van der Waals surface area contributed by atoms with Gasteiger partial charge in [0.05, 0.1) is 0 Å².